The van der Waals surface area contributed by atoms with E-state index in [-0.39, 0.29) is 17.9 Å². The molecule has 0 radical (unpaired) electrons. The number of carbonyl (C=O) groups is 1. The van der Waals surface area contributed by atoms with Gasteiger partial charge in [-0.2, -0.15) is 0 Å². The maximum atomic E-state index is 13.1. The predicted octanol–water partition coefficient (Wildman–Crippen LogP) is 5.69. The molecule has 1 heterocycles. The van der Waals surface area contributed by atoms with Crippen molar-refractivity contribution in [3.8, 4) is 0 Å². The number of nitrogens with zero attached hydrogens (tertiary/aromatic N) is 1. The van der Waals surface area contributed by atoms with Gasteiger partial charge in [-0.25, -0.2) is 0 Å². The molecule has 1 unspecified atom stereocenters. The molecule has 4 rings (SSSR count). The predicted molar refractivity (Wildman–Crippen MR) is 125 cm³/mol. The van der Waals surface area contributed by atoms with Crippen molar-refractivity contribution in [1.29, 1.82) is 0 Å². The summed E-state index contributed by atoms with van der Waals surface area (Å²) in [5.41, 5.74) is 4.83. The lowest BCUT2D eigenvalue weighted by atomic mass is 9.93. The largest absolute Gasteiger partial charge is 0.465 e. The van der Waals surface area contributed by atoms with E-state index in [0.29, 0.717) is 19.6 Å². The molecule has 158 valence electrons. The van der Waals surface area contributed by atoms with E-state index in [1.807, 2.05) is 25.1 Å². The molecule has 0 amide bonds. The number of benzene rings is 3. The highest BCUT2D eigenvalue weighted by molar-refractivity contribution is 5.80. The van der Waals surface area contributed by atoms with Crippen molar-refractivity contribution in [2.45, 2.75) is 31.8 Å². The van der Waals surface area contributed by atoms with Crippen molar-refractivity contribution in [2.24, 2.45) is 0 Å². The number of esters is 1. The molecular formula is C28H29NO2. The van der Waals surface area contributed by atoms with Crippen LogP contribution in [0, 0.1) is 0 Å². The smallest absolute Gasteiger partial charge is 0.323 e. The topological polar surface area (TPSA) is 29.5 Å². The Labute approximate surface area is 185 Å². The summed E-state index contributed by atoms with van der Waals surface area (Å²) < 4.78 is 5.52. The van der Waals surface area contributed by atoms with Crippen molar-refractivity contribution in [2.75, 3.05) is 13.2 Å². The van der Waals surface area contributed by atoms with Crippen LogP contribution in [-0.2, 0) is 16.1 Å². The minimum absolute atomic E-state index is 0.144. The van der Waals surface area contributed by atoms with E-state index < -0.39 is 0 Å². The molecule has 0 bridgehead atoms. The molecular weight excluding hydrogens is 382 g/mol. The number of hydrogen-bond acceptors (Lipinski definition) is 3. The normalized spacial score (nSPS) is 19.3. The fraction of sp³-hybridized carbons (Fsp3) is 0.250. The second kappa shape index (κ2) is 10.2. The van der Waals surface area contributed by atoms with Crippen molar-refractivity contribution in [3.05, 3.63) is 114 Å². The van der Waals surface area contributed by atoms with E-state index >= 15 is 0 Å². The molecule has 0 saturated carbocycles. The van der Waals surface area contributed by atoms with Crippen LogP contribution in [0.4, 0.5) is 0 Å². The number of carbonyl (C=O) groups excluding carboxylic acids is 1. The van der Waals surface area contributed by atoms with Crippen LogP contribution in [0.3, 0.4) is 0 Å². The lowest BCUT2D eigenvalue weighted by molar-refractivity contribution is -0.149. The lowest BCUT2D eigenvalue weighted by Crippen LogP contribution is -2.42. The van der Waals surface area contributed by atoms with E-state index in [1.165, 1.54) is 22.3 Å². The van der Waals surface area contributed by atoms with Crippen LogP contribution in [0.5, 0.6) is 0 Å². The summed E-state index contributed by atoms with van der Waals surface area (Å²) in [7, 11) is 0. The summed E-state index contributed by atoms with van der Waals surface area (Å²) in [4.78, 5) is 15.4. The number of ether oxygens (including phenoxy) is 1. The molecule has 0 aliphatic carbocycles. The second-order valence-corrected chi connectivity index (χ2v) is 7.96. The molecule has 0 spiro atoms. The van der Waals surface area contributed by atoms with Gasteiger partial charge in [-0.1, -0.05) is 97.1 Å². The fourth-order valence-electron chi connectivity index (χ4n) is 4.31. The molecule has 0 saturated heterocycles. The minimum Gasteiger partial charge on any atom is -0.465 e. The zero-order valence-electron chi connectivity index (χ0n) is 18.0. The van der Waals surface area contributed by atoms with Gasteiger partial charge < -0.3 is 4.74 Å². The highest BCUT2D eigenvalue weighted by atomic mass is 16.5. The van der Waals surface area contributed by atoms with E-state index in [0.717, 1.165) is 6.54 Å². The van der Waals surface area contributed by atoms with Gasteiger partial charge in [0, 0.05) is 19.0 Å². The first-order valence-corrected chi connectivity index (χ1v) is 11.0. The van der Waals surface area contributed by atoms with E-state index in [1.54, 1.807) is 0 Å². The monoisotopic (exact) mass is 411 g/mol. The van der Waals surface area contributed by atoms with Gasteiger partial charge in [0.15, 0.2) is 0 Å². The molecule has 2 atom stereocenters. The van der Waals surface area contributed by atoms with Gasteiger partial charge in [-0.15, -0.1) is 0 Å². The molecule has 0 fully saturated rings. The van der Waals surface area contributed by atoms with Crippen molar-refractivity contribution < 1.29 is 9.53 Å². The number of rotatable bonds is 6. The van der Waals surface area contributed by atoms with Gasteiger partial charge in [0.05, 0.1) is 6.61 Å². The zero-order chi connectivity index (χ0) is 21.5. The third kappa shape index (κ3) is 5.31. The second-order valence-electron chi connectivity index (χ2n) is 7.96. The Balaban J connectivity index is 1.74. The van der Waals surface area contributed by atoms with Gasteiger partial charge in [0.25, 0.3) is 0 Å². The Hall–Kier alpha value is -3.17. The van der Waals surface area contributed by atoms with Crippen LogP contribution in [0.2, 0.25) is 0 Å². The maximum absolute atomic E-state index is 13.1. The SMILES string of the molecule is CCOC(=O)C1CC(c2ccccc2)=C[C@H](c2ccccc2)CN1Cc1ccccc1. The van der Waals surface area contributed by atoms with Crippen LogP contribution in [0.1, 0.15) is 36.0 Å². The molecule has 3 aromatic rings. The highest BCUT2D eigenvalue weighted by Crippen LogP contribution is 2.33. The van der Waals surface area contributed by atoms with Crippen LogP contribution in [0.25, 0.3) is 5.57 Å². The van der Waals surface area contributed by atoms with Crippen molar-refractivity contribution in [3.63, 3.8) is 0 Å². The zero-order valence-corrected chi connectivity index (χ0v) is 18.0. The lowest BCUT2D eigenvalue weighted by Gasteiger charge is -2.30. The first-order chi connectivity index (χ1) is 15.2. The Morgan fingerprint density at radius 2 is 1.52 bits per heavy atom. The quantitative estimate of drug-likeness (QED) is 0.488. The van der Waals surface area contributed by atoms with Crippen LogP contribution >= 0.6 is 0 Å². The third-order valence-corrected chi connectivity index (χ3v) is 5.85. The van der Waals surface area contributed by atoms with E-state index in [4.69, 9.17) is 4.74 Å². The molecule has 3 heteroatoms. The molecule has 1 aliphatic heterocycles. The first-order valence-electron chi connectivity index (χ1n) is 11.0. The summed E-state index contributed by atoms with van der Waals surface area (Å²) in [5.74, 6) is 0.0496. The average molecular weight is 412 g/mol. The molecule has 3 aromatic carbocycles. The Morgan fingerprint density at radius 1 is 0.903 bits per heavy atom. The molecule has 31 heavy (non-hydrogen) atoms. The fourth-order valence-corrected chi connectivity index (χ4v) is 4.31. The summed E-state index contributed by atoms with van der Waals surface area (Å²) >= 11 is 0. The van der Waals surface area contributed by atoms with Crippen LogP contribution in [-0.4, -0.2) is 30.1 Å². The van der Waals surface area contributed by atoms with Crippen molar-refractivity contribution >= 4 is 11.5 Å². The summed E-state index contributed by atoms with van der Waals surface area (Å²) in [6.07, 6.45) is 2.99. The molecule has 0 aromatic heterocycles. The highest BCUT2D eigenvalue weighted by Gasteiger charge is 2.33. The average Bonchev–Trinajstić information content (AvgIpc) is 3.01. The van der Waals surface area contributed by atoms with E-state index in [9.17, 15) is 4.79 Å². The summed E-state index contributed by atoms with van der Waals surface area (Å²) in [6.45, 7) is 3.74. The van der Waals surface area contributed by atoms with Crippen molar-refractivity contribution in [1.82, 2.24) is 4.90 Å². The molecule has 0 N–H and O–H groups in total. The summed E-state index contributed by atoms with van der Waals surface area (Å²) in [5, 5.41) is 0. The third-order valence-electron chi connectivity index (χ3n) is 5.85. The molecule has 3 nitrogen and oxygen atoms in total. The summed E-state index contributed by atoms with van der Waals surface area (Å²) in [6, 6.07) is 31.0. The van der Waals surface area contributed by atoms with Crippen LogP contribution in [0.15, 0.2) is 97.1 Å². The Kier molecular flexibility index (Phi) is 6.96. The van der Waals surface area contributed by atoms with E-state index in [2.05, 4.69) is 83.8 Å². The first kappa shape index (κ1) is 21.1. The standard InChI is InChI=1S/C28H29NO2/c1-2-31-28(30)27-19-25(23-14-8-4-9-15-23)18-26(24-16-10-5-11-17-24)21-29(27)20-22-12-6-3-7-13-22/h3-18,26-27H,2,19-21H2,1H3/t26-,27?/m0/s1. The number of hydrogen-bond donors (Lipinski definition) is 0. The maximum Gasteiger partial charge on any atom is 0.323 e. The Morgan fingerprint density at radius 3 is 2.16 bits per heavy atom. The van der Waals surface area contributed by atoms with Gasteiger partial charge in [0.2, 0.25) is 0 Å². The van der Waals surface area contributed by atoms with Gasteiger partial charge in [0.1, 0.15) is 6.04 Å². The Bertz CT molecular complexity index is 999. The van der Waals surface area contributed by atoms with Crippen LogP contribution < -0.4 is 0 Å². The van der Waals surface area contributed by atoms with Gasteiger partial charge in [-0.05, 0) is 35.6 Å². The van der Waals surface area contributed by atoms with Gasteiger partial charge >= 0.3 is 5.97 Å². The van der Waals surface area contributed by atoms with Gasteiger partial charge in [-0.3, -0.25) is 9.69 Å². The minimum atomic E-state index is -0.319. The molecule has 1 aliphatic rings.